The zero-order valence-electron chi connectivity index (χ0n) is 9.80. The Morgan fingerprint density at radius 1 is 1.33 bits per heavy atom. The lowest BCUT2D eigenvalue weighted by Gasteiger charge is -2.27. The fourth-order valence-corrected chi connectivity index (χ4v) is 2.34. The Morgan fingerprint density at radius 3 is 2.53 bits per heavy atom. The van der Waals surface area contributed by atoms with Gasteiger partial charge in [-0.25, -0.2) is 0 Å². The molecule has 1 aliphatic rings. The van der Waals surface area contributed by atoms with E-state index in [9.17, 15) is 4.79 Å². The molecule has 0 heterocycles. The summed E-state index contributed by atoms with van der Waals surface area (Å²) >= 11 is 0. The number of amides is 1. The SMILES string of the molecule is CCCNC(=O)C1CCC(CCN)CC1. The summed E-state index contributed by atoms with van der Waals surface area (Å²) < 4.78 is 0. The maximum atomic E-state index is 11.7. The van der Waals surface area contributed by atoms with Gasteiger partial charge in [-0.2, -0.15) is 0 Å². The minimum Gasteiger partial charge on any atom is -0.356 e. The molecular weight excluding hydrogens is 188 g/mol. The number of carbonyl (C=O) groups is 1. The fourth-order valence-electron chi connectivity index (χ4n) is 2.34. The summed E-state index contributed by atoms with van der Waals surface area (Å²) in [6.07, 6.45) is 6.63. The molecule has 3 heteroatoms. The summed E-state index contributed by atoms with van der Waals surface area (Å²) in [5.74, 6) is 1.30. The van der Waals surface area contributed by atoms with Gasteiger partial charge < -0.3 is 11.1 Å². The number of nitrogens with one attached hydrogen (secondary N) is 1. The van der Waals surface area contributed by atoms with Crippen molar-refractivity contribution in [1.82, 2.24) is 5.32 Å². The number of carbonyl (C=O) groups excluding carboxylic acids is 1. The molecule has 0 aromatic rings. The highest BCUT2D eigenvalue weighted by molar-refractivity contribution is 5.78. The molecular formula is C12H24N2O. The lowest BCUT2D eigenvalue weighted by atomic mass is 9.80. The Morgan fingerprint density at radius 2 is 2.00 bits per heavy atom. The molecule has 3 N–H and O–H groups in total. The van der Waals surface area contributed by atoms with Crippen LogP contribution in [0.3, 0.4) is 0 Å². The average molecular weight is 212 g/mol. The van der Waals surface area contributed by atoms with E-state index in [0.717, 1.165) is 44.7 Å². The fraction of sp³-hybridized carbons (Fsp3) is 0.917. The molecule has 1 aliphatic carbocycles. The van der Waals surface area contributed by atoms with Crippen LogP contribution in [0, 0.1) is 11.8 Å². The predicted octanol–water partition coefficient (Wildman–Crippen LogP) is 1.67. The topological polar surface area (TPSA) is 55.1 Å². The van der Waals surface area contributed by atoms with Crippen molar-refractivity contribution in [1.29, 1.82) is 0 Å². The molecule has 0 spiro atoms. The Balaban J connectivity index is 2.21. The van der Waals surface area contributed by atoms with Crippen LogP contribution in [0.25, 0.3) is 0 Å². The van der Waals surface area contributed by atoms with E-state index in [1.54, 1.807) is 0 Å². The van der Waals surface area contributed by atoms with Crippen LogP contribution in [0.2, 0.25) is 0 Å². The normalized spacial score (nSPS) is 26.3. The van der Waals surface area contributed by atoms with E-state index in [1.165, 1.54) is 12.8 Å². The molecule has 1 amide bonds. The van der Waals surface area contributed by atoms with E-state index >= 15 is 0 Å². The minimum absolute atomic E-state index is 0.267. The van der Waals surface area contributed by atoms with E-state index in [2.05, 4.69) is 12.2 Å². The highest BCUT2D eigenvalue weighted by Gasteiger charge is 2.25. The summed E-state index contributed by atoms with van der Waals surface area (Å²) in [4.78, 5) is 11.7. The van der Waals surface area contributed by atoms with Crippen LogP contribution >= 0.6 is 0 Å². The first-order chi connectivity index (χ1) is 7.27. The van der Waals surface area contributed by atoms with Gasteiger partial charge in [0.1, 0.15) is 0 Å². The van der Waals surface area contributed by atoms with Gasteiger partial charge in [0.05, 0.1) is 0 Å². The lowest BCUT2D eigenvalue weighted by molar-refractivity contribution is -0.126. The molecule has 0 saturated heterocycles. The van der Waals surface area contributed by atoms with Crippen LogP contribution in [0.4, 0.5) is 0 Å². The number of hydrogen-bond acceptors (Lipinski definition) is 2. The molecule has 0 aromatic heterocycles. The Kier molecular flexibility index (Phi) is 5.69. The summed E-state index contributed by atoms with van der Waals surface area (Å²) in [6.45, 7) is 3.69. The molecule has 88 valence electrons. The monoisotopic (exact) mass is 212 g/mol. The van der Waals surface area contributed by atoms with Crippen LogP contribution in [0.15, 0.2) is 0 Å². The van der Waals surface area contributed by atoms with Crippen molar-refractivity contribution < 1.29 is 4.79 Å². The summed E-state index contributed by atoms with van der Waals surface area (Å²) in [5, 5.41) is 2.99. The van der Waals surface area contributed by atoms with Crippen molar-refractivity contribution in [2.75, 3.05) is 13.1 Å². The maximum Gasteiger partial charge on any atom is 0.223 e. The molecule has 0 unspecified atom stereocenters. The van der Waals surface area contributed by atoms with Crippen molar-refractivity contribution >= 4 is 5.91 Å². The van der Waals surface area contributed by atoms with Crippen LogP contribution in [0.5, 0.6) is 0 Å². The first-order valence-electron chi connectivity index (χ1n) is 6.25. The summed E-state index contributed by atoms with van der Waals surface area (Å²) in [6, 6.07) is 0. The molecule has 0 atom stereocenters. The minimum atomic E-state index is 0.267. The molecule has 0 aromatic carbocycles. The van der Waals surface area contributed by atoms with Gasteiger partial charge in [0.2, 0.25) is 5.91 Å². The molecule has 1 fully saturated rings. The zero-order chi connectivity index (χ0) is 11.1. The quantitative estimate of drug-likeness (QED) is 0.728. The van der Waals surface area contributed by atoms with Gasteiger partial charge in [-0.3, -0.25) is 4.79 Å². The zero-order valence-corrected chi connectivity index (χ0v) is 9.80. The Labute approximate surface area is 92.8 Å². The van der Waals surface area contributed by atoms with E-state index < -0.39 is 0 Å². The van der Waals surface area contributed by atoms with Gasteiger partial charge >= 0.3 is 0 Å². The molecule has 0 bridgehead atoms. The Bertz CT molecular complexity index is 186. The smallest absolute Gasteiger partial charge is 0.223 e. The summed E-state index contributed by atoms with van der Waals surface area (Å²) in [5.41, 5.74) is 5.54. The van der Waals surface area contributed by atoms with Crippen LogP contribution in [-0.4, -0.2) is 19.0 Å². The molecule has 15 heavy (non-hydrogen) atoms. The van der Waals surface area contributed by atoms with Crippen molar-refractivity contribution in [3.05, 3.63) is 0 Å². The van der Waals surface area contributed by atoms with Crippen LogP contribution in [0.1, 0.15) is 45.4 Å². The second-order valence-corrected chi connectivity index (χ2v) is 4.59. The van der Waals surface area contributed by atoms with Crippen molar-refractivity contribution in [3.63, 3.8) is 0 Å². The predicted molar refractivity (Wildman–Crippen MR) is 62.4 cm³/mol. The first-order valence-corrected chi connectivity index (χ1v) is 6.25. The maximum absolute atomic E-state index is 11.7. The molecule has 3 nitrogen and oxygen atoms in total. The first kappa shape index (κ1) is 12.5. The van der Waals surface area contributed by atoms with Crippen molar-refractivity contribution in [3.8, 4) is 0 Å². The molecule has 0 radical (unpaired) electrons. The van der Waals surface area contributed by atoms with E-state index in [4.69, 9.17) is 5.73 Å². The molecule has 0 aliphatic heterocycles. The second kappa shape index (κ2) is 6.83. The third-order valence-electron chi connectivity index (χ3n) is 3.34. The Hall–Kier alpha value is -0.570. The second-order valence-electron chi connectivity index (χ2n) is 4.59. The number of hydrogen-bond donors (Lipinski definition) is 2. The highest BCUT2D eigenvalue weighted by Crippen LogP contribution is 2.30. The molecule has 1 saturated carbocycles. The van der Waals surface area contributed by atoms with E-state index in [0.29, 0.717) is 0 Å². The largest absolute Gasteiger partial charge is 0.356 e. The van der Waals surface area contributed by atoms with Crippen molar-refractivity contribution in [2.45, 2.75) is 45.4 Å². The highest BCUT2D eigenvalue weighted by atomic mass is 16.1. The van der Waals surface area contributed by atoms with Gasteiger partial charge in [-0.1, -0.05) is 6.92 Å². The third kappa shape index (κ3) is 4.20. The van der Waals surface area contributed by atoms with Gasteiger partial charge in [0, 0.05) is 12.5 Å². The average Bonchev–Trinajstić information content (AvgIpc) is 2.27. The number of rotatable bonds is 5. The van der Waals surface area contributed by atoms with Crippen LogP contribution in [-0.2, 0) is 4.79 Å². The van der Waals surface area contributed by atoms with E-state index in [1.807, 2.05) is 0 Å². The van der Waals surface area contributed by atoms with Gasteiger partial charge in [0.15, 0.2) is 0 Å². The summed E-state index contributed by atoms with van der Waals surface area (Å²) in [7, 11) is 0. The lowest BCUT2D eigenvalue weighted by Crippen LogP contribution is -2.33. The molecule has 1 rings (SSSR count). The van der Waals surface area contributed by atoms with Gasteiger partial charge in [-0.15, -0.1) is 0 Å². The standard InChI is InChI=1S/C12H24N2O/c1-2-9-14-12(15)11-5-3-10(4-6-11)7-8-13/h10-11H,2-9,13H2,1H3,(H,14,15). The number of nitrogens with two attached hydrogens (primary N) is 1. The third-order valence-corrected chi connectivity index (χ3v) is 3.34. The van der Waals surface area contributed by atoms with Crippen LogP contribution < -0.4 is 11.1 Å². The van der Waals surface area contributed by atoms with Gasteiger partial charge in [0.25, 0.3) is 0 Å². The van der Waals surface area contributed by atoms with E-state index in [-0.39, 0.29) is 11.8 Å². The van der Waals surface area contributed by atoms with Crippen molar-refractivity contribution in [2.24, 2.45) is 17.6 Å². The van der Waals surface area contributed by atoms with Gasteiger partial charge in [-0.05, 0) is 51.0 Å².